The Morgan fingerprint density at radius 3 is 2.50 bits per heavy atom. The van der Waals surface area contributed by atoms with Gasteiger partial charge in [-0.1, -0.05) is 42.5 Å². The molecular weight excluding hydrogens is 418 g/mol. The van der Waals surface area contributed by atoms with Gasteiger partial charge in [-0.2, -0.15) is 0 Å². The predicted octanol–water partition coefficient (Wildman–Crippen LogP) is 5.52. The SMILES string of the molecule is O=C(Nc1ccc(-c2ccccc2)c2c1C(=O)NC2)c1ccc(NCc2cccs2)cc1. The number of nitrogens with one attached hydrogen (secondary N) is 3. The van der Waals surface area contributed by atoms with E-state index in [9.17, 15) is 9.59 Å². The summed E-state index contributed by atoms with van der Waals surface area (Å²) in [7, 11) is 0. The highest BCUT2D eigenvalue weighted by Gasteiger charge is 2.26. The lowest BCUT2D eigenvalue weighted by Gasteiger charge is -2.13. The molecule has 0 spiro atoms. The topological polar surface area (TPSA) is 70.2 Å². The standard InChI is InChI=1S/C26H21N3O2S/c30-25(18-8-10-19(11-9-18)27-15-20-7-4-14-32-20)29-23-13-12-21(17-5-2-1-3-6-17)22-16-28-26(31)24(22)23/h1-14,27H,15-16H2,(H,28,31)(H,29,30). The zero-order chi connectivity index (χ0) is 21.9. The lowest BCUT2D eigenvalue weighted by atomic mass is 9.95. The molecular formula is C26H21N3O2S. The molecule has 4 aromatic rings. The van der Waals surface area contributed by atoms with E-state index < -0.39 is 0 Å². The largest absolute Gasteiger partial charge is 0.380 e. The van der Waals surface area contributed by atoms with Crippen LogP contribution in [-0.4, -0.2) is 11.8 Å². The lowest BCUT2D eigenvalue weighted by Crippen LogP contribution is -2.17. The number of carbonyl (C=O) groups excluding carboxylic acids is 2. The second-order valence-electron chi connectivity index (χ2n) is 7.53. The Balaban J connectivity index is 1.34. The van der Waals surface area contributed by atoms with Crippen LogP contribution in [0.2, 0.25) is 0 Å². The molecule has 0 saturated heterocycles. The van der Waals surface area contributed by atoms with Gasteiger partial charge in [0.15, 0.2) is 0 Å². The van der Waals surface area contributed by atoms with E-state index in [4.69, 9.17) is 0 Å². The van der Waals surface area contributed by atoms with Gasteiger partial charge >= 0.3 is 0 Å². The van der Waals surface area contributed by atoms with Gasteiger partial charge in [0, 0.05) is 29.2 Å². The van der Waals surface area contributed by atoms with Crippen LogP contribution in [0.15, 0.2) is 84.2 Å². The number of benzene rings is 3. The molecule has 0 saturated carbocycles. The quantitative estimate of drug-likeness (QED) is 0.370. The minimum absolute atomic E-state index is 0.166. The fourth-order valence-electron chi connectivity index (χ4n) is 3.88. The molecule has 0 bridgehead atoms. The average molecular weight is 440 g/mol. The van der Waals surface area contributed by atoms with Crippen molar-refractivity contribution in [2.24, 2.45) is 0 Å². The summed E-state index contributed by atoms with van der Waals surface area (Å²) in [6.45, 7) is 1.20. The molecule has 1 aliphatic heterocycles. The van der Waals surface area contributed by atoms with Gasteiger partial charge < -0.3 is 16.0 Å². The number of anilines is 2. The van der Waals surface area contributed by atoms with Crippen LogP contribution in [0, 0.1) is 0 Å². The number of hydrogen-bond donors (Lipinski definition) is 3. The van der Waals surface area contributed by atoms with Crippen molar-refractivity contribution in [2.45, 2.75) is 13.1 Å². The van der Waals surface area contributed by atoms with E-state index in [2.05, 4.69) is 22.0 Å². The number of hydrogen-bond acceptors (Lipinski definition) is 4. The maximum Gasteiger partial charge on any atom is 0.255 e. The van der Waals surface area contributed by atoms with Crippen molar-refractivity contribution in [1.29, 1.82) is 0 Å². The molecule has 0 atom stereocenters. The second-order valence-corrected chi connectivity index (χ2v) is 8.56. The Bertz CT molecular complexity index is 1270. The third-order valence-electron chi connectivity index (χ3n) is 5.49. The summed E-state index contributed by atoms with van der Waals surface area (Å²) in [6, 6.07) is 25.2. The van der Waals surface area contributed by atoms with Gasteiger partial charge in [-0.05, 0) is 58.5 Å². The van der Waals surface area contributed by atoms with Gasteiger partial charge in [-0.15, -0.1) is 11.3 Å². The Kier molecular flexibility index (Phi) is 5.44. The molecule has 6 heteroatoms. The zero-order valence-electron chi connectivity index (χ0n) is 17.2. The number of fused-ring (bicyclic) bond motifs is 1. The molecule has 0 aliphatic carbocycles. The zero-order valence-corrected chi connectivity index (χ0v) is 18.0. The number of amides is 2. The van der Waals surface area contributed by atoms with Crippen molar-refractivity contribution in [1.82, 2.24) is 5.32 Å². The van der Waals surface area contributed by atoms with Crippen LogP contribution < -0.4 is 16.0 Å². The van der Waals surface area contributed by atoms with Crippen LogP contribution in [-0.2, 0) is 13.1 Å². The van der Waals surface area contributed by atoms with Crippen LogP contribution in [0.1, 0.15) is 31.2 Å². The first-order valence-corrected chi connectivity index (χ1v) is 11.2. The molecule has 2 heterocycles. The van der Waals surface area contributed by atoms with Crippen LogP contribution >= 0.6 is 11.3 Å². The predicted molar refractivity (Wildman–Crippen MR) is 129 cm³/mol. The fourth-order valence-corrected chi connectivity index (χ4v) is 4.52. The molecule has 0 unspecified atom stereocenters. The molecule has 1 aliphatic rings. The first-order valence-electron chi connectivity index (χ1n) is 10.4. The molecule has 0 radical (unpaired) electrons. The van der Waals surface area contributed by atoms with E-state index in [-0.39, 0.29) is 11.8 Å². The molecule has 1 aromatic heterocycles. The summed E-state index contributed by atoms with van der Waals surface area (Å²) in [6.07, 6.45) is 0. The van der Waals surface area contributed by atoms with Crippen LogP contribution in [0.5, 0.6) is 0 Å². The first kappa shape index (κ1) is 20.0. The highest BCUT2D eigenvalue weighted by molar-refractivity contribution is 7.09. The Morgan fingerprint density at radius 1 is 0.938 bits per heavy atom. The average Bonchev–Trinajstić information content (AvgIpc) is 3.49. The number of rotatable bonds is 6. The minimum Gasteiger partial charge on any atom is -0.380 e. The Labute approximate surface area is 190 Å². The number of thiophene rings is 1. The maximum absolute atomic E-state index is 12.9. The summed E-state index contributed by atoms with van der Waals surface area (Å²) < 4.78 is 0. The lowest BCUT2D eigenvalue weighted by molar-refractivity contribution is 0.0966. The molecule has 0 fully saturated rings. The van der Waals surface area contributed by atoms with Crippen molar-refractivity contribution in [3.63, 3.8) is 0 Å². The molecule has 158 valence electrons. The van der Waals surface area contributed by atoms with Crippen molar-refractivity contribution in [3.8, 4) is 11.1 Å². The van der Waals surface area contributed by atoms with E-state index in [0.29, 0.717) is 23.4 Å². The summed E-state index contributed by atoms with van der Waals surface area (Å²) in [5, 5.41) is 11.2. The molecule has 5 nitrogen and oxygen atoms in total. The Hall–Kier alpha value is -3.90. The van der Waals surface area contributed by atoms with Crippen molar-refractivity contribution in [3.05, 3.63) is 106 Å². The van der Waals surface area contributed by atoms with Crippen LogP contribution in [0.3, 0.4) is 0 Å². The number of carbonyl (C=O) groups is 2. The van der Waals surface area contributed by atoms with Gasteiger partial charge in [-0.25, -0.2) is 0 Å². The van der Waals surface area contributed by atoms with Crippen molar-refractivity contribution in [2.75, 3.05) is 10.6 Å². The first-order chi connectivity index (χ1) is 15.7. The van der Waals surface area contributed by atoms with Crippen LogP contribution in [0.25, 0.3) is 11.1 Å². The molecule has 3 N–H and O–H groups in total. The van der Waals surface area contributed by atoms with Crippen molar-refractivity contribution >= 4 is 34.5 Å². The second kappa shape index (κ2) is 8.69. The van der Waals surface area contributed by atoms with Crippen LogP contribution in [0.4, 0.5) is 11.4 Å². The highest BCUT2D eigenvalue weighted by Crippen LogP contribution is 2.34. The monoisotopic (exact) mass is 439 g/mol. The molecule has 2 amide bonds. The Morgan fingerprint density at radius 2 is 1.75 bits per heavy atom. The van der Waals surface area contributed by atoms with Crippen molar-refractivity contribution < 1.29 is 9.59 Å². The third kappa shape index (κ3) is 4.00. The summed E-state index contributed by atoms with van der Waals surface area (Å²) in [4.78, 5) is 26.7. The van der Waals surface area contributed by atoms with E-state index in [1.807, 2.05) is 60.0 Å². The van der Waals surface area contributed by atoms with E-state index in [0.717, 1.165) is 28.9 Å². The normalized spacial score (nSPS) is 12.2. The molecule has 32 heavy (non-hydrogen) atoms. The summed E-state index contributed by atoms with van der Waals surface area (Å²) >= 11 is 1.70. The summed E-state index contributed by atoms with van der Waals surface area (Å²) in [5.41, 5.74) is 5.50. The van der Waals surface area contributed by atoms with Gasteiger partial charge in [0.2, 0.25) is 0 Å². The van der Waals surface area contributed by atoms with Gasteiger partial charge in [-0.3, -0.25) is 9.59 Å². The van der Waals surface area contributed by atoms with Gasteiger partial charge in [0.05, 0.1) is 11.3 Å². The van der Waals surface area contributed by atoms with E-state index in [1.165, 1.54) is 4.88 Å². The van der Waals surface area contributed by atoms with E-state index >= 15 is 0 Å². The third-order valence-corrected chi connectivity index (χ3v) is 6.37. The minimum atomic E-state index is -0.246. The molecule has 5 rings (SSSR count). The smallest absolute Gasteiger partial charge is 0.255 e. The highest BCUT2D eigenvalue weighted by atomic mass is 32.1. The summed E-state index contributed by atoms with van der Waals surface area (Å²) in [5.74, 6) is -0.412. The fraction of sp³-hybridized carbons (Fsp3) is 0.0769. The molecule has 3 aromatic carbocycles. The van der Waals surface area contributed by atoms with E-state index in [1.54, 1.807) is 29.5 Å². The van der Waals surface area contributed by atoms with Gasteiger partial charge in [0.1, 0.15) is 0 Å². The van der Waals surface area contributed by atoms with Gasteiger partial charge in [0.25, 0.3) is 11.8 Å². The maximum atomic E-state index is 12.9.